The number of carbonyl (C=O) groups is 2. The summed E-state index contributed by atoms with van der Waals surface area (Å²) in [7, 11) is 1.66. The maximum atomic E-state index is 12.9. The normalized spacial score (nSPS) is 18.8. The molecule has 2 aliphatic heterocycles. The molecule has 2 saturated heterocycles. The standard InChI is InChI=1S/C19H29N3O2.C2HF3O2/c1-15(2)13-22-12-8-19(18(22)23)6-10-21(11-7-19)14-16-5-4-9-20-17(16)24-3;3-2(4,5)1(6)7/h4-5,9,15H,6-8,10-14H2,1-3H3;(H,6,7). The fraction of sp³-hybridized carbons (Fsp3) is 0.667. The van der Waals surface area contributed by atoms with Gasteiger partial charge in [-0.15, -0.1) is 0 Å². The van der Waals surface area contributed by atoms with E-state index in [-0.39, 0.29) is 5.41 Å². The number of alkyl halides is 3. The van der Waals surface area contributed by atoms with Gasteiger partial charge < -0.3 is 14.7 Å². The number of carbonyl (C=O) groups excluding carboxylic acids is 1. The lowest BCUT2D eigenvalue weighted by molar-refractivity contribution is -0.192. The third kappa shape index (κ3) is 6.56. The number of nitrogens with zero attached hydrogens (tertiary/aromatic N) is 3. The second-order valence-electron chi connectivity index (χ2n) is 8.43. The molecule has 1 amide bonds. The first kappa shape index (κ1) is 24.9. The molecule has 0 aromatic carbocycles. The summed E-state index contributed by atoms with van der Waals surface area (Å²) in [5.74, 6) is -1.11. The van der Waals surface area contributed by atoms with Gasteiger partial charge >= 0.3 is 12.1 Å². The van der Waals surface area contributed by atoms with Crippen LogP contribution in [0.25, 0.3) is 0 Å². The molecule has 1 aromatic rings. The number of aliphatic carboxylic acids is 1. The lowest BCUT2D eigenvalue weighted by Crippen LogP contribution is -2.44. The van der Waals surface area contributed by atoms with Crippen LogP contribution in [0, 0.1) is 11.3 Å². The van der Waals surface area contributed by atoms with E-state index in [0.717, 1.165) is 57.5 Å². The topological polar surface area (TPSA) is 83.0 Å². The van der Waals surface area contributed by atoms with Crippen molar-refractivity contribution in [2.24, 2.45) is 11.3 Å². The van der Waals surface area contributed by atoms with Gasteiger partial charge in [0.25, 0.3) is 0 Å². The van der Waals surface area contributed by atoms with Crippen LogP contribution in [0.3, 0.4) is 0 Å². The molecule has 1 N–H and O–H groups in total. The number of amides is 1. The Bertz CT molecular complexity index is 762. The number of likely N-dealkylation sites (tertiary alicyclic amines) is 2. The second kappa shape index (κ2) is 10.3. The van der Waals surface area contributed by atoms with Gasteiger partial charge in [-0.3, -0.25) is 9.69 Å². The van der Waals surface area contributed by atoms with Crippen LogP contribution in [0.15, 0.2) is 18.3 Å². The molecule has 0 bridgehead atoms. The first-order chi connectivity index (χ1) is 14.5. The van der Waals surface area contributed by atoms with E-state index in [9.17, 15) is 18.0 Å². The number of piperidine rings is 1. The molecule has 0 saturated carbocycles. The van der Waals surface area contributed by atoms with E-state index in [1.165, 1.54) is 0 Å². The minimum atomic E-state index is -5.08. The average molecular weight is 445 g/mol. The average Bonchev–Trinajstić information content (AvgIpc) is 2.99. The molecule has 7 nitrogen and oxygen atoms in total. The molecule has 31 heavy (non-hydrogen) atoms. The molecule has 3 heterocycles. The van der Waals surface area contributed by atoms with Gasteiger partial charge in [0.2, 0.25) is 11.8 Å². The number of carboxylic acid groups (broad SMARTS) is 1. The number of hydrogen-bond acceptors (Lipinski definition) is 5. The molecule has 0 atom stereocenters. The van der Waals surface area contributed by atoms with Crippen LogP contribution in [0.2, 0.25) is 0 Å². The van der Waals surface area contributed by atoms with Crippen LogP contribution in [0.5, 0.6) is 5.88 Å². The van der Waals surface area contributed by atoms with Crippen molar-refractivity contribution in [3.05, 3.63) is 23.9 Å². The highest BCUT2D eigenvalue weighted by molar-refractivity contribution is 5.85. The maximum absolute atomic E-state index is 12.9. The number of aromatic nitrogens is 1. The molecule has 3 rings (SSSR count). The Morgan fingerprint density at radius 2 is 1.84 bits per heavy atom. The summed E-state index contributed by atoms with van der Waals surface area (Å²) in [6.45, 7) is 8.99. The summed E-state index contributed by atoms with van der Waals surface area (Å²) in [4.78, 5) is 30.5. The molecular formula is C21H30F3N3O4. The zero-order valence-corrected chi connectivity index (χ0v) is 18.1. The number of rotatable bonds is 5. The number of methoxy groups -OCH3 is 1. The third-order valence-electron chi connectivity index (χ3n) is 5.68. The molecule has 10 heteroatoms. The summed E-state index contributed by atoms with van der Waals surface area (Å²) in [6, 6.07) is 4.02. The van der Waals surface area contributed by atoms with Crippen LogP contribution in [-0.2, 0) is 16.1 Å². The number of carboxylic acids is 1. The van der Waals surface area contributed by atoms with Crippen LogP contribution in [0.1, 0.15) is 38.7 Å². The minimum Gasteiger partial charge on any atom is -0.481 e. The largest absolute Gasteiger partial charge is 0.490 e. The molecule has 0 radical (unpaired) electrons. The Hall–Kier alpha value is -2.36. The van der Waals surface area contributed by atoms with E-state index in [2.05, 4.69) is 34.7 Å². The van der Waals surface area contributed by atoms with Gasteiger partial charge in [-0.25, -0.2) is 9.78 Å². The lowest BCUT2D eigenvalue weighted by atomic mass is 9.77. The van der Waals surface area contributed by atoms with Gasteiger partial charge in [0.1, 0.15) is 0 Å². The van der Waals surface area contributed by atoms with Crippen LogP contribution in [-0.4, -0.2) is 71.2 Å². The van der Waals surface area contributed by atoms with Gasteiger partial charge in [-0.2, -0.15) is 13.2 Å². The minimum absolute atomic E-state index is 0.0928. The summed E-state index contributed by atoms with van der Waals surface area (Å²) in [5.41, 5.74) is 1.03. The van der Waals surface area contributed by atoms with E-state index in [1.807, 2.05) is 6.07 Å². The van der Waals surface area contributed by atoms with Crippen LogP contribution >= 0.6 is 0 Å². The second-order valence-corrected chi connectivity index (χ2v) is 8.43. The lowest BCUT2D eigenvalue weighted by Gasteiger charge is -2.38. The van der Waals surface area contributed by atoms with Gasteiger partial charge in [0.15, 0.2) is 0 Å². The Morgan fingerprint density at radius 3 is 2.35 bits per heavy atom. The zero-order chi connectivity index (χ0) is 23.2. The molecule has 0 unspecified atom stereocenters. The summed E-state index contributed by atoms with van der Waals surface area (Å²) in [6.07, 6.45) is -0.345. The fourth-order valence-corrected chi connectivity index (χ4v) is 4.08. The molecule has 0 aliphatic carbocycles. The predicted octanol–water partition coefficient (Wildman–Crippen LogP) is 3.19. The molecule has 2 fully saturated rings. The SMILES string of the molecule is COc1ncccc1CN1CCC2(CC1)CCN(CC(C)C)C2=O.O=C(O)C(F)(F)F. The highest BCUT2D eigenvalue weighted by atomic mass is 19.4. The Labute approximate surface area is 180 Å². The predicted molar refractivity (Wildman–Crippen MR) is 107 cm³/mol. The first-order valence-corrected chi connectivity index (χ1v) is 10.3. The fourth-order valence-electron chi connectivity index (χ4n) is 4.08. The number of pyridine rings is 1. The van der Waals surface area contributed by atoms with Gasteiger partial charge in [0.05, 0.1) is 12.5 Å². The third-order valence-corrected chi connectivity index (χ3v) is 5.68. The van der Waals surface area contributed by atoms with Crippen molar-refractivity contribution >= 4 is 11.9 Å². The quantitative estimate of drug-likeness (QED) is 0.750. The van der Waals surface area contributed by atoms with E-state index in [1.54, 1.807) is 13.3 Å². The highest BCUT2D eigenvalue weighted by Crippen LogP contribution is 2.42. The summed E-state index contributed by atoms with van der Waals surface area (Å²) < 4.78 is 37.1. The van der Waals surface area contributed by atoms with Gasteiger partial charge in [0, 0.05) is 31.4 Å². The number of hydrogen-bond donors (Lipinski definition) is 1. The molecule has 2 aliphatic rings. The maximum Gasteiger partial charge on any atom is 0.490 e. The van der Waals surface area contributed by atoms with Crippen molar-refractivity contribution in [1.82, 2.24) is 14.8 Å². The summed E-state index contributed by atoms with van der Waals surface area (Å²) >= 11 is 0. The smallest absolute Gasteiger partial charge is 0.481 e. The zero-order valence-electron chi connectivity index (χ0n) is 18.1. The summed E-state index contributed by atoms with van der Waals surface area (Å²) in [5, 5.41) is 7.12. The Kier molecular flexibility index (Phi) is 8.27. The van der Waals surface area contributed by atoms with Crippen molar-refractivity contribution in [3.63, 3.8) is 0 Å². The molecule has 1 aromatic heterocycles. The molecule has 174 valence electrons. The van der Waals surface area contributed by atoms with Crippen LogP contribution in [0.4, 0.5) is 13.2 Å². The van der Waals surface area contributed by atoms with E-state index in [4.69, 9.17) is 14.6 Å². The van der Waals surface area contributed by atoms with Crippen molar-refractivity contribution in [2.45, 2.75) is 45.8 Å². The van der Waals surface area contributed by atoms with Gasteiger partial charge in [-0.05, 0) is 44.3 Å². The van der Waals surface area contributed by atoms with E-state index >= 15 is 0 Å². The van der Waals surface area contributed by atoms with Crippen molar-refractivity contribution in [1.29, 1.82) is 0 Å². The van der Waals surface area contributed by atoms with Crippen molar-refractivity contribution in [2.75, 3.05) is 33.3 Å². The van der Waals surface area contributed by atoms with Gasteiger partial charge in [-0.1, -0.05) is 19.9 Å². The van der Waals surface area contributed by atoms with E-state index in [0.29, 0.717) is 17.7 Å². The Balaban J connectivity index is 0.000000423. The van der Waals surface area contributed by atoms with Crippen molar-refractivity contribution in [3.8, 4) is 5.88 Å². The monoisotopic (exact) mass is 445 g/mol. The Morgan fingerprint density at radius 1 is 1.26 bits per heavy atom. The molecular weight excluding hydrogens is 415 g/mol. The first-order valence-electron chi connectivity index (χ1n) is 10.3. The van der Waals surface area contributed by atoms with E-state index < -0.39 is 12.1 Å². The van der Waals surface area contributed by atoms with Crippen LogP contribution < -0.4 is 4.74 Å². The van der Waals surface area contributed by atoms with Crippen molar-refractivity contribution < 1.29 is 32.6 Å². The number of halogens is 3. The molecule has 1 spiro atoms. The number of ether oxygens (including phenoxy) is 1. The highest BCUT2D eigenvalue weighted by Gasteiger charge is 2.47.